The number of para-hydroxylation sites is 2. The number of ketones is 1. The molecule has 320 valence electrons. The van der Waals surface area contributed by atoms with Gasteiger partial charge in [0.25, 0.3) is 11.8 Å². The van der Waals surface area contributed by atoms with Crippen molar-refractivity contribution in [3.05, 3.63) is 120 Å². The molecule has 3 aromatic heterocycles. The summed E-state index contributed by atoms with van der Waals surface area (Å²) in [6.07, 6.45) is 3.03. The van der Waals surface area contributed by atoms with E-state index in [1.54, 1.807) is 28.0 Å². The molecule has 7 rings (SSSR count). The first-order valence-electron chi connectivity index (χ1n) is 19.9. The third-order valence-electron chi connectivity index (χ3n) is 9.96. The van der Waals surface area contributed by atoms with Gasteiger partial charge < -0.3 is 19.5 Å². The Morgan fingerprint density at radius 1 is 0.639 bits per heavy atom. The first kappa shape index (κ1) is 43.8. The lowest BCUT2D eigenvalue weighted by Gasteiger charge is -2.33. The molecular weight excluding hydrogens is 799 g/mol. The fourth-order valence-electron chi connectivity index (χ4n) is 6.70. The normalized spacial score (nSPS) is 13.9. The number of carbonyl (C=O) groups excluding carboxylic acids is 4. The van der Waals surface area contributed by atoms with Crippen LogP contribution in [0.15, 0.2) is 102 Å². The largest absolute Gasteiger partial charge is 0.415 e. The maximum atomic E-state index is 13.2. The summed E-state index contributed by atoms with van der Waals surface area (Å²) < 4.78 is 54.7. The molecule has 2 aliphatic rings. The van der Waals surface area contributed by atoms with Crippen molar-refractivity contribution < 1.29 is 41.2 Å². The van der Waals surface area contributed by atoms with Gasteiger partial charge in [-0.25, -0.2) is 9.59 Å². The fraction of sp³-hybridized carbons (Fsp3) is 0.349. The number of aromatic nitrogens is 4. The van der Waals surface area contributed by atoms with Gasteiger partial charge in [0.2, 0.25) is 5.89 Å². The molecule has 2 fully saturated rings. The van der Waals surface area contributed by atoms with Gasteiger partial charge in [0, 0.05) is 55.5 Å². The van der Waals surface area contributed by atoms with E-state index in [0.717, 1.165) is 63.0 Å². The number of likely N-dealkylation sites (tertiary alicyclic amines) is 2. The molecule has 14 nitrogen and oxygen atoms in total. The average Bonchev–Trinajstić information content (AvgIpc) is 3.82. The molecule has 0 spiro atoms. The molecule has 5 heterocycles. The smallest absolute Gasteiger partial charge is 0.324 e. The van der Waals surface area contributed by atoms with Crippen molar-refractivity contribution in [1.82, 2.24) is 35.3 Å². The van der Waals surface area contributed by atoms with E-state index in [9.17, 15) is 36.7 Å². The van der Waals surface area contributed by atoms with Crippen molar-refractivity contribution in [3.63, 3.8) is 0 Å². The van der Waals surface area contributed by atoms with Crippen molar-refractivity contribution in [2.45, 2.75) is 64.5 Å². The number of urea groups is 2. The van der Waals surface area contributed by atoms with Gasteiger partial charge in [0.15, 0.2) is 5.78 Å². The number of Topliss-reactive ketones (excluding diaryl/α,β-unsaturated/α-hetero) is 1. The van der Waals surface area contributed by atoms with E-state index in [1.807, 2.05) is 75.8 Å². The molecule has 0 atom stereocenters. The summed E-state index contributed by atoms with van der Waals surface area (Å²) in [6.45, 7) is 2.90. The standard InChI is InChI=1S/C22H24F2N4O3.C21H21F2N5O2/c23-20(24)21(30)26-14-19(29)16-9-10-17(25-13-16)15-28(18-7-3-1-4-8-18)22(31)27-11-5-2-6-12-27;22-18(23)20-26-25-19(30-20)15-9-10-16(24-13-15)14-28(17-7-3-1-4-8-17)21(29)27-11-5-2-6-12-27/h1,3-4,7-10,13,20H,2,5-6,11-12,14-15H2,(H,26,30);1,3-4,7-10,13,18H,2,5-6,11-12,14H2. The Morgan fingerprint density at radius 2 is 1.15 bits per heavy atom. The van der Waals surface area contributed by atoms with E-state index < -0.39 is 37.0 Å². The van der Waals surface area contributed by atoms with Crippen LogP contribution in [0.5, 0.6) is 0 Å². The molecule has 2 saturated heterocycles. The Kier molecular flexibility index (Phi) is 15.5. The zero-order valence-corrected chi connectivity index (χ0v) is 33.2. The Labute approximate surface area is 349 Å². The maximum Gasteiger partial charge on any atom is 0.324 e. The molecular formula is C43H45F4N9O5. The van der Waals surface area contributed by atoms with Crippen LogP contribution in [0.4, 0.5) is 38.5 Å². The minimum atomic E-state index is -3.17. The third-order valence-corrected chi connectivity index (χ3v) is 9.96. The van der Waals surface area contributed by atoms with Crippen molar-refractivity contribution in [3.8, 4) is 11.5 Å². The zero-order valence-electron chi connectivity index (χ0n) is 33.2. The number of nitrogens with zero attached hydrogens (tertiary/aromatic N) is 8. The van der Waals surface area contributed by atoms with Crippen molar-refractivity contribution in [1.29, 1.82) is 0 Å². The summed E-state index contributed by atoms with van der Waals surface area (Å²) in [6, 6.07) is 25.1. The van der Waals surface area contributed by atoms with Crippen LogP contribution >= 0.6 is 0 Å². The highest BCUT2D eigenvalue weighted by atomic mass is 19.3. The molecule has 5 amide bonds. The van der Waals surface area contributed by atoms with Crippen LogP contribution in [0.2, 0.25) is 0 Å². The number of benzene rings is 2. The molecule has 0 aliphatic carbocycles. The first-order chi connectivity index (χ1) is 29.6. The Hall–Kier alpha value is -6.72. The second-order valence-corrected chi connectivity index (χ2v) is 14.3. The van der Waals surface area contributed by atoms with E-state index in [4.69, 9.17) is 4.42 Å². The van der Waals surface area contributed by atoms with Crippen LogP contribution in [0.3, 0.4) is 0 Å². The Bertz CT molecular complexity index is 2190. The average molecular weight is 844 g/mol. The van der Waals surface area contributed by atoms with Gasteiger partial charge in [0.05, 0.1) is 36.6 Å². The van der Waals surface area contributed by atoms with E-state index in [0.29, 0.717) is 30.0 Å². The number of piperidine rings is 2. The molecule has 1 N–H and O–H groups in total. The molecule has 2 aromatic carbocycles. The van der Waals surface area contributed by atoms with Crippen LogP contribution < -0.4 is 15.1 Å². The van der Waals surface area contributed by atoms with Gasteiger partial charge in [-0.15, -0.1) is 10.2 Å². The second kappa shape index (κ2) is 21.5. The molecule has 0 saturated carbocycles. The minimum Gasteiger partial charge on any atom is -0.415 e. The number of halogens is 4. The van der Waals surface area contributed by atoms with Crippen LogP contribution in [-0.4, -0.2) is 92.9 Å². The number of rotatable bonds is 12. The topological polar surface area (TPSA) is 158 Å². The summed E-state index contributed by atoms with van der Waals surface area (Å²) >= 11 is 0. The van der Waals surface area contributed by atoms with Gasteiger partial charge in [0.1, 0.15) is 0 Å². The first-order valence-corrected chi connectivity index (χ1v) is 19.9. The summed E-state index contributed by atoms with van der Waals surface area (Å²) in [4.78, 5) is 65.0. The fourth-order valence-corrected chi connectivity index (χ4v) is 6.70. The van der Waals surface area contributed by atoms with Gasteiger partial charge >= 0.3 is 24.9 Å². The van der Waals surface area contributed by atoms with Gasteiger partial charge in [-0.05, 0) is 87.1 Å². The summed E-state index contributed by atoms with van der Waals surface area (Å²) in [5.41, 5.74) is 3.38. The van der Waals surface area contributed by atoms with E-state index in [1.165, 1.54) is 18.5 Å². The number of amides is 5. The van der Waals surface area contributed by atoms with Crippen LogP contribution in [0.1, 0.15) is 72.6 Å². The van der Waals surface area contributed by atoms with Crippen LogP contribution in [0.25, 0.3) is 11.5 Å². The van der Waals surface area contributed by atoms with Crippen molar-refractivity contribution >= 4 is 35.1 Å². The number of carbonyl (C=O) groups is 4. The maximum absolute atomic E-state index is 13.2. The van der Waals surface area contributed by atoms with E-state index in [2.05, 4.69) is 20.2 Å². The predicted octanol–water partition coefficient (Wildman–Crippen LogP) is 7.94. The number of anilines is 2. The lowest BCUT2D eigenvalue weighted by molar-refractivity contribution is -0.131. The highest BCUT2D eigenvalue weighted by molar-refractivity contribution is 5.99. The molecule has 0 unspecified atom stereocenters. The molecule has 0 bridgehead atoms. The van der Waals surface area contributed by atoms with Crippen molar-refractivity contribution in [2.75, 3.05) is 42.5 Å². The van der Waals surface area contributed by atoms with Crippen molar-refractivity contribution in [2.24, 2.45) is 0 Å². The molecule has 18 heteroatoms. The number of pyridine rings is 2. The van der Waals surface area contributed by atoms with Crippen LogP contribution in [-0.2, 0) is 17.9 Å². The lowest BCUT2D eigenvalue weighted by Crippen LogP contribution is -2.45. The Morgan fingerprint density at radius 3 is 1.57 bits per heavy atom. The molecule has 2 aliphatic heterocycles. The highest BCUT2D eigenvalue weighted by Crippen LogP contribution is 2.25. The molecule has 5 aromatic rings. The van der Waals surface area contributed by atoms with Gasteiger partial charge in [-0.3, -0.25) is 29.4 Å². The van der Waals surface area contributed by atoms with Gasteiger partial charge in [-0.2, -0.15) is 17.6 Å². The van der Waals surface area contributed by atoms with E-state index >= 15 is 0 Å². The quantitative estimate of drug-likeness (QED) is 0.0973. The number of hydrogen-bond donors (Lipinski definition) is 1. The third kappa shape index (κ3) is 12.2. The SMILES string of the molecule is O=C(CNC(=O)C(F)F)c1ccc(CN(C(=O)N2CCCCC2)c2ccccc2)nc1.O=C(N1CCCCC1)N(Cc1ccc(-c2nnc(C(F)F)o2)cn1)c1ccccc1. The van der Waals surface area contributed by atoms with Crippen LogP contribution in [0, 0.1) is 0 Å². The zero-order chi connectivity index (χ0) is 43.1. The number of hydrogen-bond acceptors (Lipinski definition) is 9. The predicted molar refractivity (Wildman–Crippen MR) is 217 cm³/mol. The Balaban J connectivity index is 0.000000204. The second-order valence-electron chi connectivity index (χ2n) is 14.3. The lowest BCUT2D eigenvalue weighted by atomic mass is 10.1. The summed E-state index contributed by atoms with van der Waals surface area (Å²) in [5, 5.41) is 8.83. The summed E-state index contributed by atoms with van der Waals surface area (Å²) in [7, 11) is 0. The molecule has 61 heavy (non-hydrogen) atoms. The summed E-state index contributed by atoms with van der Waals surface area (Å²) in [5.74, 6) is -2.77. The number of nitrogens with one attached hydrogen (secondary N) is 1. The minimum absolute atomic E-state index is 0.0198. The molecule has 0 radical (unpaired) electrons. The van der Waals surface area contributed by atoms with E-state index in [-0.39, 0.29) is 36.6 Å². The van der Waals surface area contributed by atoms with Gasteiger partial charge in [-0.1, -0.05) is 36.4 Å². The monoisotopic (exact) mass is 843 g/mol. The number of alkyl halides is 4. The highest BCUT2D eigenvalue weighted by Gasteiger charge is 2.26.